The van der Waals surface area contributed by atoms with Gasteiger partial charge in [-0.05, 0) is 19.4 Å². The Balaban J connectivity index is 2.29. The summed E-state index contributed by atoms with van der Waals surface area (Å²) in [6.07, 6.45) is 1.25. The molecule has 0 aliphatic carbocycles. The van der Waals surface area contributed by atoms with Crippen LogP contribution in [0.2, 0.25) is 0 Å². The average molecular weight is 227 g/mol. The first-order valence-electron chi connectivity index (χ1n) is 6.78. The SMILES string of the molecule is CCC(CNC)N1CCN(CC(C)C)CC1. The fourth-order valence-electron chi connectivity index (χ4n) is 2.59. The molecular weight excluding hydrogens is 198 g/mol. The summed E-state index contributed by atoms with van der Waals surface area (Å²) in [6.45, 7) is 14.3. The first-order valence-corrected chi connectivity index (χ1v) is 6.78. The van der Waals surface area contributed by atoms with Crippen molar-refractivity contribution in [2.45, 2.75) is 33.2 Å². The zero-order valence-electron chi connectivity index (χ0n) is 11.5. The molecule has 96 valence electrons. The van der Waals surface area contributed by atoms with Crippen molar-refractivity contribution < 1.29 is 0 Å². The van der Waals surface area contributed by atoms with E-state index < -0.39 is 0 Å². The molecule has 1 N–H and O–H groups in total. The zero-order valence-corrected chi connectivity index (χ0v) is 11.5. The molecule has 1 saturated heterocycles. The summed E-state index contributed by atoms with van der Waals surface area (Å²) >= 11 is 0. The number of hydrogen-bond donors (Lipinski definition) is 1. The van der Waals surface area contributed by atoms with Gasteiger partial charge < -0.3 is 10.2 Å². The van der Waals surface area contributed by atoms with Gasteiger partial charge in [0.2, 0.25) is 0 Å². The van der Waals surface area contributed by atoms with Crippen molar-refractivity contribution in [3.63, 3.8) is 0 Å². The van der Waals surface area contributed by atoms with Crippen LogP contribution in [0.5, 0.6) is 0 Å². The van der Waals surface area contributed by atoms with Gasteiger partial charge in [0.15, 0.2) is 0 Å². The molecule has 3 heteroatoms. The maximum Gasteiger partial charge on any atom is 0.0218 e. The quantitative estimate of drug-likeness (QED) is 0.737. The molecule has 1 rings (SSSR count). The highest BCUT2D eigenvalue weighted by atomic mass is 15.3. The molecule has 1 fully saturated rings. The van der Waals surface area contributed by atoms with E-state index in [1.807, 2.05) is 0 Å². The molecule has 0 saturated carbocycles. The normalized spacial score (nSPS) is 21.6. The predicted octanol–water partition coefficient (Wildman–Crippen LogP) is 1.26. The Labute approximate surface area is 101 Å². The van der Waals surface area contributed by atoms with E-state index in [2.05, 4.69) is 42.9 Å². The van der Waals surface area contributed by atoms with Crippen molar-refractivity contribution in [3.05, 3.63) is 0 Å². The van der Waals surface area contributed by atoms with Gasteiger partial charge >= 0.3 is 0 Å². The minimum absolute atomic E-state index is 0.728. The highest BCUT2D eigenvalue weighted by Crippen LogP contribution is 2.10. The Hall–Kier alpha value is -0.120. The van der Waals surface area contributed by atoms with Crippen LogP contribution >= 0.6 is 0 Å². The van der Waals surface area contributed by atoms with E-state index in [-0.39, 0.29) is 0 Å². The van der Waals surface area contributed by atoms with Crippen LogP contribution in [0, 0.1) is 5.92 Å². The van der Waals surface area contributed by atoms with Crippen LogP contribution in [0.1, 0.15) is 27.2 Å². The third-order valence-electron chi connectivity index (χ3n) is 3.46. The van der Waals surface area contributed by atoms with Crippen molar-refractivity contribution >= 4 is 0 Å². The van der Waals surface area contributed by atoms with Crippen LogP contribution in [0.4, 0.5) is 0 Å². The molecule has 0 bridgehead atoms. The minimum atomic E-state index is 0.728. The van der Waals surface area contributed by atoms with E-state index in [9.17, 15) is 0 Å². The lowest BCUT2D eigenvalue weighted by Crippen LogP contribution is -2.52. The van der Waals surface area contributed by atoms with E-state index in [0.717, 1.165) is 18.5 Å². The van der Waals surface area contributed by atoms with Crippen molar-refractivity contribution in [3.8, 4) is 0 Å². The second-order valence-corrected chi connectivity index (χ2v) is 5.35. The smallest absolute Gasteiger partial charge is 0.0218 e. The Bertz CT molecular complexity index is 174. The van der Waals surface area contributed by atoms with Gasteiger partial charge in [-0.25, -0.2) is 0 Å². The van der Waals surface area contributed by atoms with Gasteiger partial charge in [0, 0.05) is 45.3 Å². The van der Waals surface area contributed by atoms with Gasteiger partial charge in [0.05, 0.1) is 0 Å². The molecule has 1 unspecified atom stereocenters. The predicted molar refractivity (Wildman–Crippen MR) is 70.9 cm³/mol. The number of likely N-dealkylation sites (N-methyl/N-ethyl adjacent to an activating group) is 1. The van der Waals surface area contributed by atoms with Gasteiger partial charge in [-0.3, -0.25) is 4.90 Å². The summed E-state index contributed by atoms with van der Waals surface area (Å²) in [7, 11) is 2.05. The largest absolute Gasteiger partial charge is 0.318 e. The Morgan fingerprint density at radius 2 is 1.75 bits per heavy atom. The molecular formula is C13H29N3. The van der Waals surface area contributed by atoms with Crippen LogP contribution in [0.25, 0.3) is 0 Å². The Kier molecular flexibility index (Phi) is 6.32. The summed E-state index contributed by atoms with van der Waals surface area (Å²) in [5.74, 6) is 0.797. The fourth-order valence-corrected chi connectivity index (χ4v) is 2.59. The van der Waals surface area contributed by atoms with Crippen molar-refractivity contribution in [1.82, 2.24) is 15.1 Å². The molecule has 3 nitrogen and oxygen atoms in total. The number of hydrogen-bond acceptors (Lipinski definition) is 3. The van der Waals surface area contributed by atoms with Gasteiger partial charge in [-0.1, -0.05) is 20.8 Å². The molecule has 1 aliphatic heterocycles. The molecule has 0 aromatic heterocycles. The summed E-state index contributed by atoms with van der Waals surface area (Å²) in [5, 5.41) is 3.30. The standard InChI is InChI=1S/C13H29N3/c1-5-13(10-14-4)16-8-6-15(7-9-16)11-12(2)3/h12-14H,5-11H2,1-4H3. The summed E-state index contributed by atoms with van der Waals surface area (Å²) in [4.78, 5) is 5.25. The van der Waals surface area contributed by atoms with Crippen LogP contribution in [-0.4, -0.2) is 62.2 Å². The second-order valence-electron chi connectivity index (χ2n) is 5.35. The summed E-state index contributed by atoms with van der Waals surface area (Å²) in [5.41, 5.74) is 0. The minimum Gasteiger partial charge on any atom is -0.318 e. The van der Waals surface area contributed by atoms with E-state index in [1.54, 1.807) is 0 Å². The van der Waals surface area contributed by atoms with Crippen LogP contribution in [-0.2, 0) is 0 Å². The Morgan fingerprint density at radius 1 is 1.12 bits per heavy atom. The first kappa shape index (κ1) is 13.9. The third kappa shape index (κ3) is 4.40. The van der Waals surface area contributed by atoms with Crippen LogP contribution < -0.4 is 5.32 Å². The number of nitrogens with one attached hydrogen (secondary N) is 1. The molecule has 1 heterocycles. The number of piperazine rings is 1. The number of nitrogens with zero attached hydrogens (tertiary/aromatic N) is 2. The molecule has 0 amide bonds. The van der Waals surface area contributed by atoms with Crippen molar-refractivity contribution in [2.24, 2.45) is 5.92 Å². The third-order valence-corrected chi connectivity index (χ3v) is 3.46. The highest BCUT2D eigenvalue weighted by molar-refractivity contribution is 4.79. The van der Waals surface area contributed by atoms with Crippen molar-refractivity contribution in [2.75, 3.05) is 46.3 Å². The maximum atomic E-state index is 3.30. The second kappa shape index (κ2) is 7.25. The molecule has 0 aromatic rings. The van der Waals surface area contributed by atoms with E-state index in [0.29, 0.717) is 0 Å². The molecule has 16 heavy (non-hydrogen) atoms. The first-order chi connectivity index (χ1) is 7.67. The lowest BCUT2D eigenvalue weighted by molar-refractivity contribution is 0.0873. The van der Waals surface area contributed by atoms with E-state index in [4.69, 9.17) is 0 Å². The van der Waals surface area contributed by atoms with Gasteiger partial charge in [0.25, 0.3) is 0 Å². The summed E-state index contributed by atoms with van der Waals surface area (Å²) in [6, 6.07) is 0.728. The Morgan fingerprint density at radius 3 is 2.19 bits per heavy atom. The topological polar surface area (TPSA) is 18.5 Å². The lowest BCUT2D eigenvalue weighted by atomic mass is 10.1. The van der Waals surface area contributed by atoms with Gasteiger partial charge in [-0.2, -0.15) is 0 Å². The maximum absolute atomic E-state index is 3.30. The average Bonchev–Trinajstić information content (AvgIpc) is 2.26. The van der Waals surface area contributed by atoms with E-state index >= 15 is 0 Å². The molecule has 0 radical (unpaired) electrons. The van der Waals surface area contributed by atoms with Crippen LogP contribution in [0.3, 0.4) is 0 Å². The van der Waals surface area contributed by atoms with Crippen LogP contribution in [0.15, 0.2) is 0 Å². The number of rotatable bonds is 6. The zero-order chi connectivity index (χ0) is 12.0. The summed E-state index contributed by atoms with van der Waals surface area (Å²) < 4.78 is 0. The highest BCUT2D eigenvalue weighted by Gasteiger charge is 2.22. The molecule has 0 aromatic carbocycles. The van der Waals surface area contributed by atoms with E-state index in [1.165, 1.54) is 39.1 Å². The lowest BCUT2D eigenvalue weighted by Gasteiger charge is -2.39. The molecule has 1 aliphatic rings. The monoisotopic (exact) mass is 227 g/mol. The van der Waals surface area contributed by atoms with Gasteiger partial charge in [0.1, 0.15) is 0 Å². The molecule has 1 atom stereocenters. The van der Waals surface area contributed by atoms with Gasteiger partial charge in [-0.15, -0.1) is 0 Å². The fraction of sp³-hybridized carbons (Fsp3) is 1.00. The van der Waals surface area contributed by atoms with Crippen molar-refractivity contribution in [1.29, 1.82) is 0 Å². The molecule has 0 spiro atoms.